The third-order valence-electron chi connectivity index (χ3n) is 4.89. The van der Waals surface area contributed by atoms with Gasteiger partial charge >= 0.3 is 0 Å². The number of hydrogen-bond acceptors (Lipinski definition) is 5. The van der Waals surface area contributed by atoms with Crippen LogP contribution in [0.15, 0.2) is 30.6 Å². The molecular weight excluding hydrogens is 340 g/mol. The van der Waals surface area contributed by atoms with Crippen molar-refractivity contribution in [3.05, 3.63) is 41.7 Å². The van der Waals surface area contributed by atoms with Gasteiger partial charge in [-0.1, -0.05) is 13.0 Å². The van der Waals surface area contributed by atoms with Gasteiger partial charge in [-0.3, -0.25) is 4.79 Å². The van der Waals surface area contributed by atoms with Crippen LogP contribution < -0.4 is 15.0 Å². The molecule has 1 atom stereocenters. The number of rotatable bonds is 5. The molecule has 0 saturated carbocycles. The number of carbonyl (C=O) groups excluding carboxylic acids is 1. The fourth-order valence-electron chi connectivity index (χ4n) is 3.31. The fraction of sp³-hybridized carbons (Fsp3) is 0.476. The molecule has 1 fully saturated rings. The third kappa shape index (κ3) is 5.18. The molecule has 2 aromatic rings. The van der Waals surface area contributed by atoms with Crippen molar-refractivity contribution in [2.75, 3.05) is 23.3 Å². The van der Waals surface area contributed by atoms with Gasteiger partial charge < -0.3 is 15.0 Å². The molecule has 144 valence electrons. The maximum atomic E-state index is 12.5. The number of carbonyl (C=O) groups is 1. The minimum absolute atomic E-state index is 0.230. The Hall–Kier alpha value is -2.63. The lowest BCUT2D eigenvalue weighted by molar-refractivity contribution is -0.122. The number of nitrogens with one attached hydrogen (secondary N) is 1. The molecule has 1 aliphatic heterocycles. The molecule has 6 heteroatoms. The van der Waals surface area contributed by atoms with Crippen molar-refractivity contribution in [1.29, 1.82) is 0 Å². The van der Waals surface area contributed by atoms with Crippen molar-refractivity contribution in [3.63, 3.8) is 0 Å². The number of aromatic nitrogens is 2. The highest BCUT2D eigenvalue weighted by Gasteiger charge is 2.19. The first-order chi connectivity index (χ1) is 12.9. The number of anilines is 2. The molecule has 1 N–H and O–H groups in total. The number of piperidine rings is 1. The van der Waals surface area contributed by atoms with Crippen LogP contribution in [-0.4, -0.2) is 35.1 Å². The van der Waals surface area contributed by atoms with E-state index < -0.39 is 6.10 Å². The molecule has 0 bridgehead atoms. The van der Waals surface area contributed by atoms with E-state index >= 15 is 0 Å². The number of aryl methyl sites for hydroxylation is 2. The summed E-state index contributed by atoms with van der Waals surface area (Å²) in [5, 5.41) is 2.84. The zero-order chi connectivity index (χ0) is 19.4. The second kappa shape index (κ2) is 8.37. The van der Waals surface area contributed by atoms with Gasteiger partial charge in [-0.25, -0.2) is 9.97 Å². The first kappa shape index (κ1) is 19.1. The van der Waals surface area contributed by atoms with Gasteiger partial charge in [0.15, 0.2) is 6.10 Å². The summed E-state index contributed by atoms with van der Waals surface area (Å²) in [6.45, 7) is 10.00. The summed E-state index contributed by atoms with van der Waals surface area (Å²) in [6, 6.07) is 7.76. The first-order valence-corrected chi connectivity index (χ1v) is 9.53. The maximum Gasteiger partial charge on any atom is 0.266 e. The lowest BCUT2D eigenvalue weighted by atomic mass is 9.99. The molecule has 27 heavy (non-hydrogen) atoms. The predicted molar refractivity (Wildman–Crippen MR) is 107 cm³/mol. The van der Waals surface area contributed by atoms with E-state index in [2.05, 4.69) is 33.2 Å². The van der Waals surface area contributed by atoms with Crippen LogP contribution in [-0.2, 0) is 4.79 Å². The van der Waals surface area contributed by atoms with Gasteiger partial charge in [0.25, 0.3) is 5.91 Å². The SMILES string of the molecule is Cc1cc(C)cc(OC(C)C(=O)Nc2cc(N3CCC(C)CC3)ncn2)c1. The number of amides is 1. The standard InChI is InChI=1S/C21H28N4O2/c1-14-5-7-25(8-6-14)20-12-19(22-13-23-20)24-21(26)17(4)27-18-10-15(2)9-16(3)11-18/h9-14,17H,5-8H2,1-4H3,(H,22,23,24,26). The highest BCUT2D eigenvalue weighted by atomic mass is 16.5. The van der Waals surface area contributed by atoms with E-state index in [9.17, 15) is 4.79 Å². The van der Waals surface area contributed by atoms with Gasteiger partial charge in [0.2, 0.25) is 0 Å². The van der Waals surface area contributed by atoms with E-state index in [4.69, 9.17) is 4.74 Å². The lowest BCUT2D eigenvalue weighted by Crippen LogP contribution is -2.34. The van der Waals surface area contributed by atoms with E-state index in [0.29, 0.717) is 11.6 Å². The Balaban J connectivity index is 1.62. The molecule has 2 heterocycles. The Labute approximate surface area is 161 Å². The van der Waals surface area contributed by atoms with E-state index in [-0.39, 0.29) is 5.91 Å². The van der Waals surface area contributed by atoms with Gasteiger partial charge in [-0.2, -0.15) is 0 Å². The smallest absolute Gasteiger partial charge is 0.266 e. The van der Waals surface area contributed by atoms with Gasteiger partial charge in [-0.05, 0) is 62.8 Å². The van der Waals surface area contributed by atoms with Crippen molar-refractivity contribution in [3.8, 4) is 5.75 Å². The van der Waals surface area contributed by atoms with Crippen molar-refractivity contribution in [2.24, 2.45) is 5.92 Å². The summed E-state index contributed by atoms with van der Waals surface area (Å²) in [5.74, 6) is 2.58. The molecule has 6 nitrogen and oxygen atoms in total. The molecule has 0 radical (unpaired) electrons. The number of nitrogens with zero attached hydrogens (tertiary/aromatic N) is 3. The quantitative estimate of drug-likeness (QED) is 0.871. The summed E-state index contributed by atoms with van der Waals surface area (Å²) < 4.78 is 5.80. The van der Waals surface area contributed by atoms with Gasteiger partial charge in [0.1, 0.15) is 23.7 Å². The summed E-state index contributed by atoms with van der Waals surface area (Å²) in [7, 11) is 0. The highest BCUT2D eigenvalue weighted by molar-refractivity contribution is 5.93. The van der Waals surface area contributed by atoms with Crippen LogP contribution in [0.3, 0.4) is 0 Å². The summed E-state index contributed by atoms with van der Waals surface area (Å²) in [5.41, 5.74) is 2.21. The average molecular weight is 368 g/mol. The number of benzene rings is 1. The molecule has 0 spiro atoms. The zero-order valence-corrected chi connectivity index (χ0v) is 16.5. The summed E-state index contributed by atoms with van der Waals surface area (Å²) in [4.78, 5) is 23.3. The molecule has 1 unspecified atom stereocenters. The fourth-order valence-corrected chi connectivity index (χ4v) is 3.31. The summed E-state index contributed by atoms with van der Waals surface area (Å²) in [6.07, 6.45) is 3.19. The minimum atomic E-state index is -0.625. The van der Waals surface area contributed by atoms with Gasteiger partial charge in [0, 0.05) is 19.2 Å². The zero-order valence-electron chi connectivity index (χ0n) is 16.5. The monoisotopic (exact) mass is 368 g/mol. The van der Waals surface area contributed by atoms with E-state index in [0.717, 1.165) is 48.8 Å². The number of ether oxygens (including phenoxy) is 1. The Bertz CT molecular complexity index is 780. The van der Waals surface area contributed by atoms with Crippen LogP contribution in [0.2, 0.25) is 0 Å². The van der Waals surface area contributed by atoms with Crippen LogP contribution in [0.5, 0.6) is 5.75 Å². The number of hydrogen-bond donors (Lipinski definition) is 1. The lowest BCUT2D eigenvalue weighted by Gasteiger charge is -2.31. The molecular formula is C21H28N4O2. The second-order valence-corrected chi connectivity index (χ2v) is 7.50. The van der Waals surface area contributed by atoms with Crippen molar-refractivity contribution < 1.29 is 9.53 Å². The molecule has 3 rings (SSSR count). The van der Waals surface area contributed by atoms with Crippen LogP contribution in [0.1, 0.15) is 37.8 Å². The Morgan fingerprint density at radius 1 is 1.15 bits per heavy atom. The van der Waals surface area contributed by atoms with Gasteiger partial charge in [-0.15, -0.1) is 0 Å². The predicted octanol–water partition coefficient (Wildman–Crippen LogP) is 3.74. The molecule has 1 aromatic heterocycles. The van der Waals surface area contributed by atoms with Crippen molar-refractivity contribution >= 4 is 17.5 Å². The molecule has 1 aromatic carbocycles. The molecule has 0 aliphatic carbocycles. The maximum absolute atomic E-state index is 12.5. The Morgan fingerprint density at radius 2 is 1.81 bits per heavy atom. The third-order valence-corrected chi connectivity index (χ3v) is 4.89. The topological polar surface area (TPSA) is 67.3 Å². The highest BCUT2D eigenvalue weighted by Crippen LogP contribution is 2.23. The summed E-state index contributed by atoms with van der Waals surface area (Å²) >= 11 is 0. The van der Waals surface area contributed by atoms with E-state index in [1.807, 2.05) is 32.0 Å². The molecule has 1 amide bonds. The van der Waals surface area contributed by atoms with Crippen LogP contribution in [0.25, 0.3) is 0 Å². The minimum Gasteiger partial charge on any atom is -0.481 e. The second-order valence-electron chi connectivity index (χ2n) is 7.50. The molecule has 1 aliphatic rings. The van der Waals surface area contributed by atoms with Crippen molar-refractivity contribution in [2.45, 2.75) is 46.6 Å². The molecule has 1 saturated heterocycles. The van der Waals surface area contributed by atoms with E-state index in [1.165, 1.54) is 6.33 Å². The van der Waals surface area contributed by atoms with Crippen LogP contribution in [0.4, 0.5) is 11.6 Å². The largest absolute Gasteiger partial charge is 0.481 e. The van der Waals surface area contributed by atoms with Crippen molar-refractivity contribution in [1.82, 2.24) is 9.97 Å². The Morgan fingerprint density at radius 3 is 2.48 bits per heavy atom. The van der Waals surface area contributed by atoms with Crippen LogP contribution >= 0.6 is 0 Å². The first-order valence-electron chi connectivity index (χ1n) is 9.53. The van der Waals surface area contributed by atoms with E-state index in [1.54, 1.807) is 6.92 Å². The average Bonchev–Trinajstić information content (AvgIpc) is 2.61. The van der Waals surface area contributed by atoms with Crippen LogP contribution in [0, 0.1) is 19.8 Å². The normalized spacial score (nSPS) is 16.1. The Kier molecular flexibility index (Phi) is 5.94. The van der Waals surface area contributed by atoms with Gasteiger partial charge in [0.05, 0.1) is 0 Å².